The number of aliphatic hydroxyl groups excluding tert-OH is 2. The number of ether oxygens (including phenoxy) is 3. The molecule has 0 heterocycles. The fourth-order valence-electron chi connectivity index (χ4n) is 2.33. The molecule has 0 aliphatic heterocycles. The van der Waals surface area contributed by atoms with E-state index < -0.39 is 18.1 Å². The van der Waals surface area contributed by atoms with E-state index in [4.69, 9.17) is 28.5 Å². The van der Waals surface area contributed by atoms with E-state index in [1.807, 2.05) is 0 Å². The molecule has 0 fully saturated rings. The van der Waals surface area contributed by atoms with Gasteiger partial charge in [0, 0.05) is 13.0 Å². The topological polar surface area (TPSA) is 97.3 Å². The summed E-state index contributed by atoms with van der Waals surface area (Å²) in [4.78, 5) is 12.2. The molecule has 0 aromatic rings. The average Bonchev–Trinajstić information content (AvgIpc) is 3.18. The Bertz CT molecular complexity index is 2510. The minimum absolute atomic E-state index is 0.0124. The number of rotatable bonds is 13. The maximum atomic E-state index is 12.2. The van der Waals surface area contributed by atoms with Crippen molar-refractivity contribution in [3.8, 4) is 214 Å². The number of carbonyl (C=O) groups excluding carboxylic acids is 1. The summed E-state index contributed by atoms with van der Waals surface area (Å²) in [6.07, 6.45) is 8.56. The molecule has 2 unspecified atom stereocenters. The fraction of sp³-hybridized carbons (Fsp3) is 0.213. The summed E-state index contributed by atoms with van der Waals surface area (Å²) in [5.74, 6) is 84.2. The Hall–Kier alpha value is -8.81. The standard InChI is InChI=1S/C47H23NO6/c1-3-5-7-9-11-13-15-17-19-21-23-25-27-29-31-33-35-37-45(43-54-47(51)48-38-39-52-40-41-53-44-46(50)42-49)36-34-32-30-28-26-24-22-20-18-16-14-12-10-8-6-4-2/h1-2,45-46,49-50H,37-44H2,(H,48,51)/i49D. The van der Waals surface area contributed by atoms with Crippen LogP contribution < -0.4 is 5.32 Å². The number of hydrogen-bond donors (Lipinski definition) is 3. The van der Waals surface area contributed by atoms with E-state index in [1.165, 1.54) is 0 Å². The number of hydrogen-bond acceptors (Lipinski definition) is 6. The van der Waals surface area contributed by atoms with Crippen molar-refractivity contribution in [2.24, 2.45) is 5.92 Å². The molecule has 2 atom stereocenters. The normalized spacial score (nSPS) is 7.80. The first-order valence-electron chi connectivity index (χ1n) is 15.3. The Kier molecular flexibility index (Phi) is 30.9. The van der Waals surface area contributed by atoms with Crippen LogP contribution in [-0.2, 0) is 14.2 Å². The molecule has 0 spiro atoms. The molecule has 54 heavy (non-hydrogen) atoms. The summed E-state index contributed by atoms with van der Waals surface area (Å²) in [6.45, 7) is 0.602. The molecule has 1 amide bonds. The monoisotopic (exact) mass is 698 g/mol. The molecule has 0 aromatic carbocycles. The smallest absolute Gasteiger partial charge is 0.407 e. The second-order valence-corrected chi connectivity index (χ2v) is 8.29. The zero-order valence-electron chi connectivity index (χ0n) is 29.5. The zero-order valence-corrected chi connectivity index (χ0v) is 28.5. The Morgan fingerprint density at radius 1 is 0.556 bits per heavy atom. The van der Waals surface area contributed by atoms with Crippen molar-refractivity contribution < 1.29 is 29.2 Å². The first-order valence-corrected chi connectivity index (χ1v) is 14.9. The highest BCUT2D eigenvalue weighted by molar-refractivity contribution is 5.67. The molecule has 3 N–H and O–H groups in total. The van der Waals surface area contributed by atoms with E-state index >= 15 is 0 Å². The third-order valence-electron chi connectivity index (χ3n) is 4.41. The van der Waals surface area contributed by atoms with Crippen LogP contribution in [0.25, 0.3) is 0 Å². The van der Waals surface area contributed by atoms with Crippen LogP contribution in [-0.4, -0.2) is 70.0 Å². The van der Waals surface area contributed by atoms with E-state index in [1.54, 1.807) is 0 Å². The van der Waals surface area contributed by atoms with Gasteiger partial charge in [0.15, 0.2) is 0 Å². The maximum absolute atomic E-state index is 12.2. The molecule has 252 valence electrons. The van der Waals surface area contributed by atoms with Crippen LogP contribution in [0.5, 0.6) is 0 Å². The van der Waals surface area contributed by atoms with E-state index in [9.17, 15) is 9.90 Å². The van der Waals surface area contributed by atoms with Crippen LogP contribution >= 0.6 is 0 Å². The van der Waals surface area contributed by atoms with Gasteiger partial charge in [-0.1, -0.05) is 11.8 Å². The number of nitrogens with one attached hydrogen (secondary N) is 1. The van der Waals surface area contributed by atoms with Crippen molar-refractivity contribution in [1.29, 1.82) is 1.43 Å². The molecule has 0 aliphatic carbocycles. The van der Waals surface area contributed by atoms with E-state index in [0.29, 0.717) is 0 Å². The highest BCUT2D eigenvalue weighted by Crippen LogP contribution is 2.01. The molecule has 7 heteroatoms. The molecule has 0 saturated heterocycles. The maximum Gasteiger partial charge on any atom is 0.407 e. The van der Waals surface area contributed by atoms with Crippen molar-refractivity contribution >= 4 is 6.09 Å². The van der Waals surface area contributed by atoms with Crippen LogP contribution in [0.3, 0.4) is 0 Å². The molecule has 0 aromatic heterocycles. The third kappa shape index (κ3) is 36.0. The summed E-state index contributed by atoms with van der Waals surface area (Å²) in [5.41, 5.74) is 0. The van der Waals surface area contributed by atoms with Crippen molar-refractivity contribution in [2.45, 2.75) is 12.5 Å². The van der Waals surface area contributed by atoms with Crippen LogP contribution in [0.15, 0.2) is 0 Å². The van der Waals surface area contributed by atoms with Gasteiger partial charge in [0.1, 0.15) is 12.7 Å². The van der Waals surface area contributed by atoms with Crippen LogP contribution in [0, 0.1) is 220 Å². The van der Waals surface area contributed by atoms with Gasteiger partial charge in [-0.2, -0.15) is 0 Å². The van der Waals surface area contributed by atoms with Gasteiger partial charge < -0.3 is 29.7 Å². The first kappa shape index (κ1) is 43.2. The highest BCUT2D eigenvalue weighted by Gasteiger charge is 2.08. The lowest BCUT2D eigenvalue weighted by Crippen LogP contribution is -2.29. The Labute approximate surface area is 320 Å². The molecule has 0 rings (SSSR count). The quantitative estimate of drug-likeness (QED) is 0.176. The van der Waals surface area contributed by atoms with Crippen LogP contribution in [0.4, 0.5) is 4.79 Å². The second kappa shape index (κ2) is 38.6. The molecular formula is C47H23NO6. The van der Waals surface area contributed by atoms with E-state index in [2.05, 4.69) is 212 Å². The summed E-state index contributed by atoms with van der Waals surface area (Å²) < 4.78 is 22.3. The third-order valence-corrected chi connectivity index (χ3v) is 4.41. The molecule has 0 radical (unpaired) electrons. The lowest BCUT2D eigenvalue weighted by molar-refractivity contribution is -0.0143. The van der Waals surface area contributed by atoms with Crippen molar-refractivity contribution in [1.82, 2.24) is 5.32 Å². The molecule has 0 aliphatic rings. The van der Waals surface area contributed by atoms with Gasteiger partial charge >= 0.3 is 6.09 Å². The molecular weight excluding hydrogens is 675 g/mol. The number of terminal acetylenes is 2. The number of amides is 1. The van der Waals surface area contributed by atoms with Crippen LogP contribution in [0.2, 0.25) is 0 Å². The minimum Gasteiger partial charge on any atom is -0.448 e. The number of alkyl carbamates (subject to hydrolysis) is 1. The van der Waals surface area contributed by atoms with Gasteiger partial charge in [-0.05, 0) is 189 Å². The van der Waals surface area contributed by atoms with E-state index in [-0.39, 0.29) is 52.6 Å². The van der Waals surface area contributed by atoms with Gasteiger partial charge in [0.05, 0.1) is 39.0 Å². The van der Waals surface area contributed by atoms with E-state index in [0.717, 1.165) is 0 Å². The van der Waals surface area contributed by atoms with Gasteiger partial charge in [-0.25, -0.2) is 4.79 Å². The Morgan fingerprint density at radius 3 is 1.41 bits per heavy atom. The zero-order chi connectivity index (χ0) is 40.0. The predicted molar refractivity (Wildman–Crippen MR) is 204 cm³/mol. The summed E-state index contributed by atoms with van der Waals surface area (Å²) in [7, 11) is 0. The Balaban J connectivity index is 5.21. The minimum atomic E-state index is -0.892. The van der Waals surface area contributed by atoms with Gasteiger partial charge in [-0.3, -0.25) is 0 Å². The number of carbonyl (C=O) groups is 1. The molecule has 7 nitrogen and oxygen atoms in total. The summed E-state index contributed by atoms with van der Waals surface area (Å²) in [6, 6.07) is 0. The lowest BCUT2D eigenvalue weighted by atomic mass is 10.1. The first-order chi connectivity index (χ1) is 27.1. The van der Waals surface area contributed by atoms with Crippen LogP contribution in [0.1, 0.15) is 6.42 Å². The average molecular weight is 699 g/mol. The fourth-order valence-corrected chi connectivity index (χ4v) is 2.33. The largest absolute Gasteiger partial charge is 0.448 e. The second-order valence-electron chi connectivity index (χ2n) is 8.29. The van der Waals surface area contributed by atoms with Crippen molar-refractivity contribution in [2.75, 3.05) is 46.2 Å². The van der Waals surface area contributed by atoms with Gasteiger partial charge in [0.2, 0.25) is 1.43 Å². The summed E-state index contributed by atoms with van der Waals surface area (Å²) >= 11 is 0. The van der Waals surface area contributed by atoms with Gasteiger partial charge in [-0.15, -0.1) is 12.8 Å². The van der Waals surface area contributed by atoms with Gasteiger partial charge in [0.25, 0.3) is 0 Å². The summed E-state index contributed by atoms with van der Waals surface area (Å²) in [5, 5.41) is 16.0. The SMILES string of the molecule is [2H]OCC(O)COCCOCCNC(=O)OCC(C#CC#CC#CC#CC#CC#CC#CC#CC#C)CC#CC#CC#CC#CC#CC#CC#CC#CC#C. The number of aliphatic hydroxyl groups is 2. The molecule has 0 bridgehead atoms. The van der Waals surface area contributed by atoms with Crippen molar-refractivity contribution in [3.63, 3.8) is 0 Å². The van der Waals surface area contributed by atoms with Crippen molar-refractivity contribution in [3.05, 3.63) is 0 Å². The highest BCUT2D eigenvalue weighted by atomic mass is 16.6. The molecule has 0 saturated carbocycles. The Morgan fingerprint density at radius 2 is 0.963 bits per heavy atom. The lowest BCUT2D eigenvalue weighted by Gasteiger charge is -2.11. The predicted octanol–water partition coefficient (Wildman–Crippen LogP) is -0.574.